The van der Waals surface area contributed by atoms with Gasteiger partial charge in [0.1, 0.15) is 11.6 Å². The van der Waals surface area contributed by atoms with Crippen LogP contribution in [0.15, 0.2) is 17.0 Å². The van der Waals surface area contributed by atoms with Crippen LogP contribution in [0, 0.1) is 11.6 Å². The van der Waals surface area contributed by atoms with Gasteiger partial charge in [-0.15, -0.1) is 11.8 Å². The maximum atomic E-state index is 13.5. The molecule has 2 amide bonds. The van der Waals surface area contributed by atoms with Gasteiger partial charge in [0.25, 0.3) is 0 Å². The van der Waals surface area contributed by atoms with Crippen molar-refractivity contribution in [2.24, 2.45) is 0 Å². The van der Waals surface area contributed by atoms with Crippen molar-refractivity contribution in [1.82, 2.24) is 10.2 Å². The maximum Gasteiger partial charge on any atom is 0.319 e. The number of nitrogens with zero attached hydrogens (tertiary/aromatic N) is 1. The van der Waals surface area contributed by atoms with Crippen molar-refractivity contribution in [3.63, 3.8) is 0 Å². The molecular weight excluding hydrogens is 272 g/mol. The molecule has 0 aromatic heterocycles. The first-order chi connectivity index (χ1) is 8.93. The molecular formula is C12H17F2N3OS. The van der Waals surface area contributed by atoms with Gasteiger partial charge in [-0.05, 0) is 32.5 Å². The van der Waals surface area contributed by atoms with E-state index in [9.17, 15) is 13.6 Å². The molecule has 0 heterocycles. The molecule has 0 spiro atoms. The number of hydrogen-bond donors (Lipinski definition) is 2. The molecule has 0 aliphatic heterocycles. The number of halogens is 2. The van der Waals surface area contributed by atoms with Crippen LogP contribution in [-0.2, 0) is 0 Å². The predicted octanol–water partition coefficient (Wildman–Crippen LogP) is 2.37. The van der Waals surface area contributed by atoms with Gasteiger partial charge in [0.15, 0.2) is 0 Å². The largest absolute Gasteiger partial charge is 0.337 e. The van der Waals surface area contributed by atoms with Crippen LogP contribution >= 0.6 is 11.8 Å². The summed E-state index contributed by atoms with van der Waals surface area (Å²) in [5.74, 6) is -1.37. The SMILES string of the molecule is CSc1c(F)cc(NC(=O)NCCN(C)C)cc1F. The maximum absolute atomic E-state index is 13.5. The standard InChI is InChI=1S/C12H17F2N3OS/c1-17(2)5-4-15-12(18)16-8-6-9(13)11(19-3)10(14)7-8/h6-7H,4-5H2,1-3H3,(H2,15,16,18). The van der Waals surface area contributed by atoms with Crippen molar-refractivity contribution < 1.29 is 13.6 Å². The fourth-order valence-electron chi connectivity index (χ4n) is 1.40. The molecule has 0 saturated heterocycles. The predicted molar refractivity (Wildman–Crippen MR) is 73.7 cm³/mol. The third-order valence-corrected chi connectivity index (χ3v) is 3.10. The topological polar surface area (TPSA) is 44.4 Å². The van der Waals surface area contributed by atoms with Crippen LogP contribution < -0.4 is 10.6 Å². The number of amides is 2. The Hall–Kier alpha value is -1.34. The molecule has 0 aliphatic carbocycles. The van der Waals surface area contributed by atoms with Gasteiger partial charge < -0.3 is 15.5 Å². The number of thioether (sulfide) groups is 1. The number of anilines is 1. The number of likely N-dealkylation sites (N-methyl/N-ethyl adjacent to an activating group) is 1. The normalized spacial score (nSPS) is 10.6. The fraction of sp³-hybridized carbons (Fsp3) is 0.417. The molecule has 0 bridgehead atoms. The zero-order chi connectivity index (χ0) is 14.4. The summed E-state index contributed by atoms with van der Waals surface area (Å²) in [7, 11) is 3.76. The van der Waals surface area contributed by atoms with E-state index in [0.29, 0.717) is 13.1 Å². The molecule has 0 atom stereocenters. The minimum atomic E-state index is -0.684. The van der Waals surface area contributed by atoms with E-state index in [1.165, 1.54) is 0 Å². The Morgan fingerprint density at radius 2 is 1.89 bits per heavy atom. The molecule has 0 fully saturated rings. The molecule has 4 nitrogen and oxygen atoms in total. The van der Waals surface area contributed by atoms with Gasteiger partial charge in [-0.25, -0.2) is 13.6 Å². The number of urea groups is 1. The number of carbonyl (C=O) groups is 1. The van der Waals surface area contributed by atoms with Crippen molar-refractivity contribution in [3.05, 3.63) is 23.8 Å². The lowest BCUT2D eigenvalue weighted by Gasteiger charge is -2.12. The lowest BCUT2D eigenvalue weighted by molar-refractivity contribution is 0.250. The van der Waals surface area contributed by atoms with Gasteiger partial charge in [0, 0.05) is 18.8 Å². The van der Waals surface area contributed by atoms with Crippen LogP contribution in [0.2, 0.25) is 0 Å². The molecule has 7 heteroatoms. The van der Waals surface area contributed by atoms with Crippen LogP contribution in [-0.4, -0.2) is 44.4 Å². The van der Waals surface area contributed by atoms with Gasteiger partial charge in [-0.2, -0.15) is 0 Å². The van der Waals surface area contributed by atoms with E-state index in [4.69, 9.17) is 0 Å². The van der Waals surface area contributed by atoms with E-state index in [1.807, 2.05) is 19.0 Å². The van der Waals surface area contributed by atoms with Crippen molar-refractivity contribution in [1.29, 1.82) is 0 Å². The van der Waals surface area contributed by atoms with Gasteiger partial charge in [-0.3, -0.25) is 0 Å². The Balaban J connectivity index is 2.60. The van der Waals surface area contributed by atoms with E-state index >= 15 is 0 Å². The smallest absolute Gasteiger partial charge is 0.319 e. The Bertz CT molecular complexity index is 432. The highest BCUT2D eigenvalue weighted by Crippen LogP contribution is 2.26. The van der Waals surface area contributed by atoms with Crippen molar-refractivity contribution in [2.75, 3.05) is 38.8 Å². The Labute approximate surface area is 115 Å². The third-order valence-electron chi connectivity index (χ3n) is 2.30. The first-order valence-corrected chi connectivity index (χ1v) is 6.89. The van der Waals surface area contributed by atoms with Gasteiger partial charge >= 0.3 is 6.03 Å². The molecule has 1 aromatic rings. The number of carbonyl (C=O) groups excluding carboxylic acids is 1. The van der Waals surface area contributed by atoms with E-state index in [2.05, 4.69) is 10.6 Å². The summed E-state index contributed by atoms with van der Waals surface area (Å²) in [5.41, 5.74) is 0.0927. The first kappa shape index (κ1) is 15.7. The van der Waals surface area contributed by atoms with Crippen LogP contribution in [0.3, 0.4) is 0 Å². The van der Waals surface area contributed by atoms with Crippen LogP contribution in [0.1, 0.15) is 0 Å². The zero-order valence-corrected chi connectivity index (χ0v) is 11.9. The summed E-state index contributed by atoms with van der Waals surface area (Å²) in [6.07, 6.45) is 1.59. The van der Waals surface area contributed by atoms with E-state index < -0.39 is 17.7 Å². The van der Waals surface area contributed by atoms with Crippen LogP contribution in [0.25, 0.3) is 0 Å². The minimum Gasteiger partial charge on any atom is -0.337 e. The molecule has 1 aromatic carbocycles. The van der Waals surface area contributed by atoms with Gasteiger partial charge in [-0.1, -0.05) is 0 Å². The first-order valence-electron chi connectivity index (χ1n) is 5.66. The molecule has 2 N–H and O–H groups in total. The number of benzene rings is 1. The average molecular weight is 289 g/mol. The minimum absolute atomic E-state index is 0.0569. The highest BCUT2D eigenvalue weighted by atomic mass is 32.2. The van der Waals surface area contributed by atoms with Gasteiger partial charge in [0.2, 0.25) is 0 Å². The van der Waals surface area contributed by atoms with E-state index in [1.54, 1.807) is 6.26 Å². The van der Waals surface area contributed by atoms with Crippen molar-refractivity contribution in [2.45, 2.75) is 4.90 Å². The number of rotatable bonds is 5. The quantitative estimate of drug-likeness (QED) is 0.818. The molecule has 106 valence electrons. The second-order valence-corrected chi connectivity index (χ2v) is 4.97. The average Bonchev–Trinajstić information content (AvgIpc) is 2.27. The molecule has 0 radical (unpaired) electrons. The monoisotopic (exact) mass is 289 g/mol. The Morgan fingerprint density at radius 1 is 1.32 bits per heavy atom. The lowest BCUT2D eigenvalue weighted by Crippen LogP contribution is -2.34. The number of hydrogen-bond acceptors (Lipinski definition) is 3. The second kappa shape index (κ2) is 7.30. The molecule has 0 unspecified atom stereocenters. The van der Waals surface area contributed by atoms with Crippen molar-refractivity contribution >= 4 is 23.5 Å². The molecule has 0 aliphatic rings. The zero-order valence-electron chi connectivity index (χ0n) is 11.1. The lowest BCUT2D eigenvalue weighted by atomic mass is 10.3. The van der Waals surface area contributed by atoms with Gasteiger partial charge in [0.05, 0.1) is 4.90 Å². The summed E-state index contributed by atoms with van der Waals surface area (Å²) in [5, 5.41) is 4.98. The summed E-state index contributed by atoms with van der Waals surface area (Å²) >= 11 is 0.983. The third kappa shape index (κ3) is 5.04. The summed E-state index contributed by atoms with van der Waals surface area (Å²) in [6.45, 7) is 1.13. The molecule has 1 rings (SSSR count). The van der Waals surface area contributed by atoms with Crippen LogP contribution in [0.5, 0.6) is 0 Å². The molecule has 0 saturated carbocycles. The fourth-order valence-corrected chi connectivity index (χ4v) is 1.90. The highest BCUT2D eigenvalue weighted by molar-refractivity contribution is 7.98. The molecule has 19 heavy (non-hydrogen) atoms. The summed E-state index contributed by atoms with van der Waals surface area (Å²) in [6, 6.07) is 1.71. The van der Waals surface area contributed by atoms with Crippen molar-refractivity contribution in [3.8, 4) is 0 Å². The highest BCUT2D eigenvalue weighted by Gasteiger charge is 2.11. The van der Waals surface area contributed by atoms with E-state index in [-0.39, 0.29) is 10.6 Å². The Morgan fingerprint density at radius 3 is 2.37 bits per heavy atom. The summed E-state index contributed by atoms with van der Waals surface area (Å²) in [4.78, 5) is 13.3. The van der Waals surface area contributed by atoms with Crippen LogP contribution in [0.4, 0.5) is 19.3 Å². The second-order valence-electron chi connectivity index (χ2n) is 4.16. The van der Waals surface area contributed by atoms with E-state index in [0.717, 1.165) is 23.9 Å². The Kier molecular flexibility index (Phi) is 6.04. The number of nitrogens with one attached hydrogen (secondary N) is 2. The summed E-state index contributed by atoms with van der Waals surface area (Å²) < 4.78 is 27.0.